The highest BCUT2D eigenvalue weighted by Crippen LogP contribution is 2.14. The molecule has 1 aromatic carbocycles. The number of hydrogen-bond donors (Lipinski definition) is 1. The zero-order chi connectivity index (χ0) is 13.0. The van der Waals surface area contributed by atoms with Crippen LogP contribution in [0.4, 0.5) is 0 Å². The predicted octanol–water partition coefficient (Wildman–Crippen LogP) is 1.41. The fourth-order valence-corrected chi connectivity index (χ4v) is 3.17. The Hall–Kier alpha value is -1.17. The van der Waals surface area contributed by atoms with Crippen molar-refractivity contribution in [2.45, 2.75) is 18.9 Å². The van der Waals surface area contributed by atoms with Crippen molar-refractivity contribution in [1.29, 1.82) is 0 Å². The van der Waals surface area contributed by atoms with Crippen LogP contribution in [0.1, 0.15) is 18.4 Å². The van der Waals surface area contributed by atoms with E-state index in [9.17, 15) is 8.42 Å². The summed E-state index contributed by atoms with van der Waals surface area (Å²) in [6, 6.07) is 9.54. The first-order chi connectivity index (χ1) is 8.58. The van der Waals surface area contributed by atoms with Gasteiger partial charge in [0.05, 0.1) is 0 Å². The molecule has 0 radical (unpaired) electrons. The minimum atomic E-state index is -3.31. The third-order valence-corrected chi connectivity index (χ3v) is 4.66. The van der Waals surface area contributed by atoms with E-state index in [0.717, 1.165) is 18.4 Å². The molecule has 0 aromatic heterocycles. The highest BCUT2D eigenvalue weighted by Gasteiger charge is 2.24. The monoisotopic (exact) mass is 266 g/mol. The lowest BCUT2D eigenvalue weighted by Crippen LogP contribution is -2.41. The zero-order valence-electron chi connectivity index (χ0n) is 10.2. The van der Waals surface area contributed by atoms with Crippen LogP contribution >= 0.6 is 0 Å². The van der Waals surface area contributed by atoms with Gasteiger partial charge in [-0.2, -0.15) is 4.31 Å². The van der Waals surface area contributed by atoms with Crippen LogP contribution < -0.4 is 5.73 Å². The lowest BCUT2D eigenvalue weighted by Gasteiger charge is -2.28. The van der Waals surface area contributed by atoms with Crippen molar-refractivity contribution in [1.82, 2.24) is 4.31 Å². The summed E-state index contributed by atoms with van der Waals surface area (Å²) in [5.41, 5.74) is 6.65. The molecule has 4 nitrogen and oxygen atoms in total. The smallest absolute Gasteiger partial charge is 0.236 e. The molecular weight excluding hydrogens is 248 g/mol. The van der Waals surface area contributed by atoms with E-state index < -0.39 is 10.0 Å². The summed E-state index contributed by atoms with van der Waals surface area (Å²) in [4.78, 5) is 0. The lowest BCUT2D eigenvalue weighted by molar-refractivity contribution is 0.323. The summed E-state index contributed by atoms with van der Waals surface area (Å²) in [5, 5.41) is 1.28. The molecule has 1 aliphatic heterocycles. The second kappa shape index (κ2) is 5.65. The van der Waals surface area contributed by atoms with E-state index in [0.29, 0.717) is 13.1 Å². The Morgan fingerprint density at radius 1 is 1.17 bits per heavy atom. The van der Waals surface area contributed by atoms with Gasteiger partial charge in [0.25, 0.3) is 0 Å². The maximum atomic E-state index is 12.1. The van der Waals surface area contributed by atoms with Gasteiger partial charge >= 0.3 is 0 Å². The van der Waals surface area contributed by atoms with Gasteiger partial charge in [-0.1, -0.05) is 30.3 Å². The molecule has 0 bridgehead atoms. The van der Waals surface area contributed by atoms with Gasteiger partial charge in [-0.05, 0) is 24.5 Å². The molecule has 1 aliphatic rings. The predicted molar refractivity (Wildman–Crippen MR) is 73.2 cm³/mol. The molecule has 0 spiro atoms. The van der Waals surface area contributed by atoms with Crippen molar-refractivity contribution in [3.8, 4) is 0 Å². The largest absolute Gasteiger partial charge is 0.328 e. The number of piperidine rings is 1. The molecule has 0 aliphatic carbocycles. The molecule has 1 heterocycles. The highest BCUT2D eigenvalue weighted by molar-refractivity contribution is 7.92. The summed E-state index contributed by atoms with van der Waals surface area (Å²) < 4.78 is 25.6. The first-order valence-corrected chi connectivity index (χ1v) is 7.57. The van der Waals surface area contributed by atoms with Crippen molar-refractivity contribution in [2.24, 2.45) is 5.73 Å². The first-order valence-electron chi connectivity index (χ1n) is 6.07. The van der Waals surface area contributed by atoms with Gasteiger partial charge in [0.1, 0.15) is 0 Å². The Morgan fingerprint density at radius 3 is 2.39 bits per heavy atom. The standard InChI is InChI=1S/C13H18N2O2S/c14-13-6-9-15(10-7-13)18(16,17)11-8-12-4-2-1-3-5-12/h1-5,8,11,13H,6-7,9-10,14H2/b11-8+. The SMILES string of the molecule is NC1CCN(S(=O)(=O)/C=C/c2ccccc2)CC1. The minimum absolute atomic E-state index is 0.134. The number of sulfonamides is 1. The number of rotatable bonds is 3. The Morgan fingerprint density at radius 2 is 1.78 bits per heavy atom. The summed E-state index contributed by atoms with van der Waals surface area (Å²) in [7, 11) is -3.31. The van der Waals surface area contributed by atoms with Gasteiger partial charge in [0.2, 0.25) is 10.0 Å². The Bertz CT molecular complexity index is 503. The van der Waals surface area contributed by atoms with E-state index in [2.05, 4.69) is 0 Å². The van der Waals surface area contributed by atoms with Gasteiger partial charge in [0.15, 0.2) is 0 Å². The molecule has 2 rings (SSSR count). The molecule has 2 N–H and O–H groups in total. The quantitative estimate of drug-likeness (QED) is 0.899. The van der Waals surface area contributed by atoms with E-state index in [-0.39, 0.29) is 6.04 Å². The van der Waals surface area contributed by atoms with Gasteiger partial charge in [0, 0.05) is 24.5 Å². The summed E-state index contributed by atoms with van der Waals surface area (Å²) in [6.45, 7) is 1.03. The van der Waals surface area contributed by atoms with Crippen LogP contribution in [0.3, 0.4) is 0 Å². The fourth-order valence-electron chi connectivity index (χ4n) is 1.95. The highest BCUT2D eigenvalue weighted by atomic mass is 32.2. The molecule has 1 saturated heterocycles. The number of nitrogens with two attached hydrogens (primary N) is 1. The van der Waals surface area contributed by atoms with Crippen molar-refractivity contribution >= 4 is 16.1 Å². The first kappa shape index (κ1) is 13.3. The van der Waals surface area contributed by atoms with Crippen molar-refractivity contribution in [2.75, 3.05) is 13.1 Å². The molecule has 0 amide bonds. The average molecular weight is 266 g/mol. The van der Waals surface area contributed by atoms with Crippen LogP contribution in [0.5, 0.6) is 0 Å². The van der Waals surface area contributed by atoms with E-state index in [1.54, 1.807) is 6.08 Å². The van der Waals surface area contributed by atoms with Gasteiger partial charge in [-0.15, -0.1) is 0 Å². The molecule has 0 saturated carbocycles. The van der Waals surface area contributed by atoms with Crippen LogP contribution in [-0.2, 0) is 10.0 Å². The Labute approximate surface area is 108 Å². The van der Waals surface area contributed by atoms with Crippen molar-refractivity contribution in [3.05, 3.63) is 41.3 Å². The number of nitrogens with zero attached hydrogens (tertiary/aromatic N) is 1. The van der Waals surface area contributed by atoms with E-state index in [4.69, 9.17) is 5.73 Å². The van der Waals surface area contributed by atoms with E-state index >= 15 is 0 Å². The van der Waals surface area contributed by atoms with Crippen molar-refractivity contribution < 1.29 is 8.42 Å². The van der Waals surface area contributed by atoms with Gasteiger partial charge in [-0.25, -0.2) is 8.42 Å². The molecule has 5 heteroatoms. The van der Waals surface area contributed by atoms with Crippen molar-refractivity contribution in [3.63, 3.8) is 0 Å². The topological polar surface area (TPSA) is 63.4 Å². The number of hydrogen-bond acceptors (Lipinski definition) is 3. The van der Waals surface area contributed by atoms with Gasteiger partial charge < -0.3 is 5.73 Å². The normalized spacial score (nSPS) is 19.4. The van der Waals surface area contributed by atoms with Crippen LogP contribution in [0.25, 0.3) is 6.08 Å². The molecule has 0 unspecified atom stereocenters. The second-order valence-corrected chi connectivity index (χ2v) is 6.31. The number of benzene rings is 1. The Balaban J connectivity index is 2.06. The van der Waals surface area contributed by atoms with E-state index in [1.807, 2.05) is 30.3 Å². The molecule has 0 atom stereocenters. The average Bonchev–Trinajstić information content (AvgIpc) is 2.38. The molecule has 1 fully saturated rings. The molecule has 1 aromatic rings. The fraction of sp³-hybridized carbons (Fsp3) is 0.385. The zero-order valence-corrected chi connectivity index (χ0v) is 11.0. The van der Waals surface area contributed by atoms with Crippen LogP contribution in [0, 0.1) is 0 Å². The van der Waals surface area contributed by atoms with Crippen LogP contribution in [-0.4, -0.2) is 31.9 Å². The summed E-state index contributed by atoms with van der Waals surface area (Å²) in [6.07, 6.45) is 3.10. The molecular formula is C13H18N2O2S. The lowest BCUT2D eigenvalue weighted by atomic mass is 10.1. The van der Waals surface area contributed by atoms with Crippen LogP contribution in [0.15, 0.2) is 35.7 Å². The summed E-state index contributed by atoms with van der Waals surface area (Å²) >= 11 is 0. The van der Waals surface area contributed by atoms with Crippen LogP contribution in [0.2, 0.25) is 0 Å². The third kappa shape index (κ3) is 3.41. The maximum Gasteiger partial charge on any atom is 0.236 e. The van der Waals surface area contributed by atoms with E-state index in [1.165, 1.54) is 9.71 Å². The molecule has 98 valence electrons. The third-order valence-electron chi connectivity index (χ3n) is 3.09. The Kier molecular flexibility index (Phi) is 4.16. The van der Waals surface area contributed by atoms with Gasteiger partial charge in [-0.3, -0.25) is 0 Å². The minimum Gasteiger partial charge on any atom is -0.328 e. The molecule has 18 heavy (non-hydrogen) atoms. The second-order valence-electron chi connectivity index (χ2n) is 4.49. The maximum absolute atomic E-state index is 12.1. The summed E-state index contributed by atoms with van der Waals surface area (Å²) in [5.74, 6) is 0.